The molecule has 0 saturated carbocycles. The average Bonchev–Trinajstić information content (AvgIpc) is 2.95. The van der Waals surface area contributed by atoms with Crippen LogP contribution in [0.25, 0.3) is 0 Å². The molecular weight excluding hydrogens is 290 g/mol. The second-order valence-electron chi connectivity index (χ2n) is 5.86. The first-order chi connectivity index (χ1) is 11.1. The summed E-state index contributed by atoms with van der Waals surface area (Å²) in [7, 11) is 2.09. The molecule has 1 heterocycles. The van der Waals surface area contributed by atoms with Crippen LogP contribution < -0.4 is 15.8 Å². The van der Waals surface area contributed by atoms with Gasteiger partial charge in [-0.1, -0.05) is 12.1 Å². The van der Waals surface area contributed by atoms with Crippen LogP contribution in [0.3, 0.4) is 0 Å². The number of likely N-dealkylation sites (N-methyl/N-ethyl adjacent to an activating group) is 1. The highest BCUT2D eigenvalue weighted by atomic mass is 16.5. The van der Waals surface area contributed by atoms with Gasteiger partial charge in [-0.15, -0.1) is 0 Å². The number of nitrogen functional groups attached to an aromatic ring is 1. The van der Waals surface area contributed by atoms with Crippen molar-refractivity contribution in [3.63, 3.8) is 0 Å². The minimum absolute atomic E-state index is 0.185. The predicted octanol–water partition coefficient (Wildman–Crippen LogP) is 2.60. The zero-order chi connectivity index (χ0) is 16.2. The number of carbonyl (C=O) groups is 1. The predicted molar refractivity (Wildman–Crippen MR) is 91.8 cm³/mol. The largest absolute Gasteiger partial charge is 0.489 e. The molecule has 1 amide bonds. The van der Waals surface area contributed by atoms with Gasteiger partial charge in [0.05, 0.1) is 11.4 Å². The van der Waals surface area contributed by atoms with Crippen LogP contribution in [0.1, 0.15) is 16.8 Å². The first-order valence-electron chi connectivity index (χ1n) is 7.73. The van der Waals surface area contributed by atoms with E-state index in [9.17, 15) is 4.79 Å². The van der Waals surface area contributed by atoms with Gasteiger partial charge in [-0.25, -0.2) is 0 Å². The molecule has 0 bridgehead atoms. The summed E-state index contributed by atoms with van der Waals surface area (Å²) >= 11 is 0. The molecule has 5 nitrogen and oxygen atoms in total. The third-order valence-corrected chi connectivity index (χ3v) is 3.98. The number of likely N-dealkylation sites (tertiary alicyclic amines) is 1. The number of carbonyl (C=O) groups excluding carboxylic acids is 1. The van der Waals surface area contributed by atoms with Gasteiger partial charge in [-0.2, -0.15) is 0 Å². The molecule has 1 unspecified atom stereocenters. The fourth-order valence-corrected chi connectivity index (χ4v) is 2.67. The summed E-state index contributed by atoms with van der Waals surface area (Å²) in [6.07, 6.45) is 1.26. The van der Waals surface area contributed by atoms with Crippen LogP contribution in [0.2, 0.25) is 0 Å². The maximum atomic E-state index is 12.3. The Hall–Kier alpha value is -2.53. The number of nitrogens with one attached hydrogen (secondary N) is 1. The van der Waals surface area contributed by atoms with Gasteiger partial charge in [0.15, 0.2) is 0 Å². The summed E-state index contributed by atoms with van der Waals surface area (Å²) in [5.41, 5.74) is 7.57. The molecule has 3 N–H and O–H groups in total. The monoisotopic (exact) mass is 311 g/mol. The Balaban J connectivity index is 1.62. The topological polar surface area (TPSA) is 67.6 Å². The van der Waals surface area contributed by atoms with Gasteiger partial charge in [0.1, 0.15) is 11.9 Å². The van der Waals surface area contributed by atoms with E-state index >= 15 is 0 Å². The number of amides is 1. The molecule has 1 aliphatic rings. The van der Waals surface area contributed by atoms with Crippen molar-refractivity contribution in [2.24, 2.45) is 0 Å². The zero-order valence-electron chi connectivity index (χ0n) is 13.2. The Morgan fingerprint density at radius 3 is 2.61 bits per heavy atom. The standard InChI is InChI=1S/C18H21N3O2/c1-21-11-10-15(12-21)23-14-8-6-13(7-9-14)18(22)20-17-5-3-2-4-16(17)19/h2-9,15H,10-12,19H2,1H3,(H,20,22). The number of nitrogens with two attached hydrogens (primary N) is 1. The number of nitrogens with zero attached hydrogens (tertiary/aromatic N) is 1. The lowest BCUT2D eigenvalue weighted by molar-refractivity contribution is 0.102. The first kappa shape index (κ1) is 15.4. The Kier molecular flexibility index (Phi) is 4.48. The maximum Gasteiger partial charge on any atom is 0.255 e. The van der Waals surface area contributed by atoms with Crippen molar-refractivity contribution in [1.82, 2.24) is 4.90 Å². The van der Waals surface area contributed by atoms with Crippen molar-refractivity contribution in [1.29, 1.82) is 0 Å². The van der Waals surface area contributed by atoms with Gasteiger partial charge in [-0.05, 0) is 49.9 Å². The number of hydrogen-bond donors (Lipinski definition) is 2. The van der Waals surface area contributed by atoms with E-state index in [4.69, 9.17) is 10.5 Å². The van der Waals surface area contributed by atoms with E-state index in [0.29, 0.717) is 16.9 Å². The molecule has 0 aromatic heterocycles. The Bertz CT molecular complexity index is 685. The van der Waals surface area contributed by atoms with E-state index in [-0.39, 0.29) is 12.0 Å². The van der Waals surface area contributed by atoms with Crippen LogP contribution in [-0.4, -0.2) is 37.0 Å². The summed E-state index contributed by atoms with van der Waals surface area (Å²) in [6.45, 7) is 2.00. The second kappa shape index (κ2) is 6.71. The van der Waals surface area contributed by atoms with Gasteiger partial charge < -0.3 is 20.7 Å². The summed E-state index contributed by atoms with van der Waals surface area (Å²) in [4.78, 5) is 14.5. The van der Waals surface area contributed by atoms with Crippen molar-refractivity contribution in [3.8, 4) is 5.75 Å². The fraction of sp³-hybridized carbons (Fsp3) is 0.278. The summed E-state index contributed by atoms with van der Waals surface area (Å²) < 4.78 is 5.92. The molecule has 2 aromatic carbocycles. The summed E-state index contributed by atoms with van der Waals surface area (Å²) in [5.74, 6) is 0.608. The van der Waals surface area contributed by atoms with E-state index in [2.05, 4.69) is 17.3 Å². The SMILES string of the molecule is CN1CCC(Oc2ccc(C(=O)Nc3ccccc3N)cc2)C1. The molecule has 1 aliphatic heterocycles. The molecule has 2 aromatic rings. The van der Waals surface area contributed by atoms with Crippen LogP contribution >= 0.6 is 0 Å². The lowest BCUT2D eigenvalue weighted by Crippen LogP contribution is -2.21. The Labute approximate surface area is 136 Å². The minimum Gasteiger partial charge on any atom is -0.489 e. The van der Waals surface area contributed by atoms with E-state index in [0.717, 1.165) is 25.3 Å². The fourth-order valence-electron chi connectivity index (χ4n) is 2.67. The minimum atomic E-state index is -0.185. The van der Waals surface area contributed by atoms with Crippen LogP contribution in [0, 0.1) is 0 Å². The van der Waals surface area contributed by atoms with Crippen LogP contribution in [-0.2, 0) is 0 Å². The highest BCUT2D eigenvalue weighted by Gasteiger charge is 2.20. The molecule has 1 atom stereocenters. The molecule has 1 fully saturated rings. The normalized spacial score (nSPS) is 17.9. The quantitative estimate of drug-likeness (QED) is 0.852. The summed E-state index contributed by atoms with van der Waals surface area (Å²) in [6, 6.07) is 14.4. The lowest BCUT2D eigenvalue weighted by atomic mass is 10.2. The molecule has 23 heavy (non-hydrogen) atoms. The van der Waals surface area contributed by atoms with Gasteiger partial charge in [0.25, 0.3) is 5.91 Å². The number of rotatable bonds is 4. The second-order valence-corrected chi connectivity index (χ2v) is 5.86. The van der Waals surface area contributed by atoms with Crippen molar-refractivity contribution >= 4 is 17.3 Å². The molecule has 5 heteroatoms. The number of para-hydroxylation sites is 2. The number of benzene rings is 2. The lowest BCUT2D eigenvalue weighted by Gasteiger charge is -2.14. The molecular formula is C18H21N3O2. The van der Waals surface area contributed by atoms with E-state index < -0.39 is 0 Å². The van der Waals surface area contributed by atoms with Crippen LogP contribution in [0.5, 0.6) is 5.75 Å². The smallest absolute Gasteiger partial charge is 0.255 e. The molecule has 3 rings (SSSR count). The number of anilines is 2. The number of ether oxygens (including phenoxy) is 1. The third-order valence-electron chi connectivity index (χ3n) is 3.98. The van der Waals surface area contributed by atoms with Crippen molar-refractivity contribution in [2.75, 3.05) is 31.2 Å². The molecule has 120 valence electrons. The third kappa shape index (κ3) is 3.81. The average molecular weight is 311 g/mol. The first-order valence-corrected chi connectivity index (χ1v) is 7.73. The molecule has 0 radical (unpaired) electrons. The van der Waals surface area contributed by atoms with Crippen molar-refractivity contribution in [2.45, 2.75) is 12.5 Å². The van der Waals surface area contributed by atoms with Gasteiger partial charge in [0, 0.05) is 18.7 Å². The van der Waals surface area contributed by atoms with Gasteiger partial charge >= 0.3 is 0 Å². The molecule has 0 spiro atoms. The maximum absolute atomic E-state index is 12.3. The van der Waals surface area contributed by atoms with Crippen molar-refractivity contribution in [3.05, 3.63) is 54.1 Å². The highest BCUT2D eigenvalue weighted by molar-refractivity contribution is 6.05. The van der Waals surface area contributed by atoms with Gasteiger partial charge in [-0.3, -0.25) is 4.79 Å². The van der Waals surface area contributed by atoms with Gasteiger partial charge in [0.2, 0.25) is 0 Å². The zero-order valence-corrected chi connectivity index (χ0v) is 13.2. The van der Waals surface area contributed by atoms with Crippen LogP contribution in [0.15, 0.2) is 48.5 Å². The Morgan fingerprint density at radius 2 is 1.96 bits per heavy atom. The number of hydrogen-bond acceptors (Lipinski definition) is 4. The van der Waals surface area contributed by atoms with Crippen molar-refractivity contribution < 1.29 is 9.53 Å². The Morgan fingerprint density at radius 1 is 1.22 bits per heavy atom. The summed E-state index contributed by atoms with van der Waals surface area (Å²) in [5, 5.41) is 2.81. The highest BCUT2D eigenvalue weighted by Crippen LogP contribution is 2.20. The molecule has 0 aliphatic carbocycles. The molecule has 1 saturated heterocycles. The van der Waals surface area contributed by atoms with E-state index in [1.165, 1.54) is 0 Å². The van der Waals surface area contributed by atoms with E-state index in [1.54, 1.807) is 24.3 Å². The van der Waals surface area contributed by atoms with Crippen LogP contribution in [0.4, 0.5) is 11.4 Å². The van der Waals surface area contributed by atoms with E-state index in [1.807, 2.05) is 24.3 Å².